The first-order valence-electron chi connectivity index (χ1n) is 8.47. The van der Waals surface area contributed by atoms with Crippen LogP contribution in [0.1, 0.15) is 24.6 Å². The first kappa shape index (κ1) is 16.8. The topological polar surface area (TPSA) is 97.4 Å². The van der Waals surface area contributed by atoms with E-state index >= 15 is 0 Å². The molecule has 136 valence electrons. The molecule has 0 radical (unpaired) electrons. The number of carbonyl (C=O) groups excluding carboxylic acids is 2. The van der Waals surface area contributed by atoms with E-state index in [2.05, 4.69) is 15.6 Å². The summed E-state index contributed by atoms with van der Waals surface area (Å²) in [6.45, 7) is 3.50. The molecule has 1 atom stereocenters. The van der Waals surface area contributed by atoms with Gasteiger partial charge in [-0.15, -0.1) is 0 Å². The quantitative estimate of drug-likeness (QED) is 0.541. The van der Waals surface area contributed by atoms with Crippen molar-refractivity contribution in [2.45, 2.75) is 19.9 Å². The van der Waals surface area contributed by atoms with Gasteiger partial charge in [0, 0.05) is 24.1 Å². The summed E-state index contributed by atoms with van der Waals surface area (Å²) in [6.07, 6.45) is 0. The summed E-state index contributed by atoms with van der Waals surface area (Å²) in [7, 11) is 0. The van der Waals surface area contributed by atoms with E-state index in [0.717, 1.165) is 11.0 Å². The number of fused-ring (bicyclic) bond motifs is 2. The van der Waals surface area contributed by atoms with Gasteiger partial charge in [0.25, 0.3) is 0 Å². The minimum absolute atomic E-state index is 0.449. The highest BCUT2D eigenvalue weighted by molar-refractivity contribution is 6.39. The number of rotatable bonds is 3. The zero-order valence-electron chi connectivity index (χ0n) is 14.8. The largest absolute Gasteiger partial charge is 0.459 e. The summed E-state index contributed by atoms with van der Waals surface area (Å²) < 4.78 is 11.1. The highest BCUT2D eigenvalue weighted by Crippen LogP contribution is 2.23. The maximum Gasteiger partial charge on any atom is 0.313 e. The standard InChI is InChI=1S/C20H17N3O4/c1-11(17-9-13-5-3-4-6-16(13)27-17)21-19(24)20(25)23-14-7-8-15-18(10-14)26-12(2)22-15/h3-11H,1-2H3,(H,21,24)(H,23,25)/t11-/m0/s1. The number of nitrogens with one attached hydrogen (secondary N) is 2. The molecule has 0 unspecified atom stereocenters. The molecule has 0 aliphatic heterocycles. The summed E-state index contributed by atoms with van der Waals surface area (Å²) in [4.78, 5) is 28.6. The summed E-state index contributed by atoms with van der Waals surface area (Å²) in [5.41, 5.74) is 2.42. The number of amides is 2. The lowest BCUT2D eigenvalue weighted by atomic mass is 10.2. The lowest BCUT2D eigenvalue weighted by Crippen LogP contribution is -2.36. The summed E-state index contributed by atoms with van der Waals surface area (Å²) in [5, 5.41) is 6.13. The van der Waals surface area contributed by atoms with Crippen molar-refractivity contribution in [2.75, 3.05) is 5.32 Å². The average Bonchev–Trinajstić information content (AvgIpc) is 3.23. The molecule has 0 fully saturated rings. The number of benzene rings is 2. The van der Waals surface area contributed by atoms with Crippen molar-refractivity contribution in [2.24, 2.45) is 0 Å². The van der Waals surface area contributed by atoms with Gasteiger partial charge in [-0.05, 0) is 31.2 Å². The molecule has 0 saturated heterocycles. The van der Waals surface area contributed by atoms with Crippen LogP contribution in [0.5, 0.6) is 0 Å². The van der Waals surface area contributed by atoms with E-state index in [1.54, 1.807) is 32.0 Å². The minimum atomic E-state index is -0.770. The van der Waals surface area contributed by atoms with Crippen molar-refractivity contribution in [3.8, 4) is 0 Å². The molecular formula is C20H17N3O4. The fraction of sp³-hybridized carbons (Fsp3) is 0.150. The molecule has 2 N–H and O–H groups in total. The molecular weight excluding hydrogens is 346 g/mol. The van der Waals surface area contributed by atoms with Gasteiger partial charge in [-0.25, -0.2) is 4.98 Å². The number of hydrogen-bond acceptors (Lipinski definition) is 5. The second-order valence-electron chi connectivity index (χ2n) is 6.25. The Morgan fingerprint density at radius 1 is 1.00 bits per heavy atom. The summed E-state index contributed by atoms with van der Waals surface area (Å²) in [6, 6.07) is 14.0. The van der Waals surface area contributed by atoms with Crippen LogP contribution in [0.3, 0.4) is 0 Å². The zero-order valence-corrected chi connectivity index (χ0v) is 14.8. The Kier molecular flexibility index (Phi) is 4.12. The maximum absolute atomic E-state index is 12.2. The van der Waals surface area contributed by atoms with E-state index in [1.165, 1.54) is 0 Å². The van der Waals surface area contributed by atoms with E-state index in [1.807, 2.05) is 30.3 Å². The second kappa shape index (κ2) is 6.60. The molecule has 4 aromatic rings. The Balaban J connectivity index is 1.44. The van der Waals surface area contributed by atoms with Gasteiger partial charge in [-0.3, -0.25) is 9.59 Å². The van der Waals surface area contributed by atoms with Gasteiger partial charge in [0.1, 0.15) is 16.9 Å². The third-order valence-electron chi connectivity index (χ3n) is 4.18. The number of furan rings is 1. The summed E-state index contributed by atoms with van der Waals surface area (Å²) >= 11 is 0. The van der Waals surface area contributed by atoms with E-state index in [-0.39, 0.29) is 0 Å². The van der Waals surface area contributed by atoms with Crippen molar-refractivity contribution in [1.82, 2.24) is 10.3 Å². The van der Waals surface area contributed by atoms with Gasteiger partial charge in [-0.2, -0.15) is 0 Å². The van der Waals surface area contributed by atoms with Gasteiger partial charge >= 0.3 is 11.8 Å². The molecule has 0 spiro atoms. The number of aryl methyl sites for hydroxylation is 1. The highest BCUT2D eigenvalue weighted by Gasteiger charge is 2.20. The predicted octanol–water partition coefficient (Wildman–Crippen LogP) is 3.70. The normalized spacial score (nSPS) is 12.2. The van der Waals surface area contributed by atoms with Crippen LogP contribution in [0.4, 0.5) is 5.69 Å². The van der Waals surface area contributed by atoms with Crippen molar-refractivity contribution in [3.05, 3.63) is 60.2 Å². The number of anilines is 1. The Morgan fingerprint density at radius 2 is 1.81 bits per heavy atom. The Hall–Kier alpha value is -3.61. The highest BCUT2D eigenvalue weighted by atomic mass is 16.3. The molecule has 0 saturated carbocycles. The van der Waals surface area contributed by atoms with Crippen LogP contribution in [0.15, 0.2) is 57.4 Å². The molecule has 2 aromatic carbocycles. The first-order valence-corrected chi connectivity index (χ1v) is 8.47. The lowest BCUT2D eigenvalue weighted by Gasteiger charge is -2.11. The second-order valence-corrected chi connectivity index (χ2v) is 6.25. The first-order chi connectivity index (χ1) is 13.0. The molecule has 2 heterocycles. The molecule has 27 heavy (non-hydrogen) atoms. The SMILES string of the molecule is Cc1nc2ccc(NC(=O)C(=O)N[C@@H](C)c3cc4ccccc4o3)cc2o1. The Labute approximate surface area is 154 Å². The lowest BCUT2D eigenvalue weighted by molar-refractivity contribution is -0.136. The molecule has 0 aliphatic rings. The monoisotopic (exact) mass is 363 g/mol. The molecule has 2 amide bonds. The average molecular weight is 363 g/mol. The van der Waals surface area contributed by atoms with Crippen LogP contribution in [0.2, 0.25) is 0 Å². The van der Waals surface area contributed by atoms with Crippen LogP contribution >= 0.6 is 0 Å². The molecule has 4 rings (SSSR count). The minimum Gasteiger partial charge on any atom is -0.459 e. The predicted molar refractivity (Wildman–Crippen MR) is 100 cm³/mol. The molecule has 0 aliphatic carbocycles. The van der Waals surface area contributed by atoms with E-state index < -0.39 is 17.9 Å². The van der Waals surface area contributed by atoms with Crippen LogP contribution in [-0.2, 0) is 9.59 Å². The molecule has 0 bridgehead atoms. The van der Waals surface area contributed by atoms with Gasteiger partial charge in [0.15, 0.2) is 11.5 Å². The molecule has 7 nitrogen and oxygen atoms in total. The fourth-order valence-corrected chi connectivity index (χ4v) is 2.85. The van der Waals surface area contributed by atoms with E-state index in [9.17, 15) is 9.59 Å². The van der Waals surface area contributed by atoms with E-state index in [0.29, 0.717) is 28.4 Å². The maximum atomic E-state index is 12.2. The molecule has 2 aromatic heterocycles. The number of nitrogens with zero attached hydrogens (tertiary/aromatic N) is 1. The van der Waals surface area contributed by atoms with Crippen molar-refractivity contribution in [1.29, 1.82) is 0 Å². The number of carbonyl (C=O) groups is 2. The number of aromatic nitrogens is 1. The summed E-state index contributed by atoms with van der Waals surface area (Å²) in [5.74, 6) is -0.410. The van der Waals surface area contributed by atoms with Gasteiger partial charge < -0.3 is 19.5 Å². The zero-order chi connectivity index (χ0) is 19.0. The fourth-order valence-electron chi connectivity index (χ4n) is 2.85. The van der Waals surface area contributed by atoms with Crippen molar-refractivity contribution in [3.63, 3.8) is 0 Å². The van der Waals surface area contributed by atoms with Gasteiger partial charge in [0.05, 0.1) is 6.04 Å². The van der Waals surface area contributed by atoms with Crippen molar-refractivity contribution < 1.29 is 18.4 Å². The van der Waals surface area contributed by atoms with Crippen LogP contribution in [0, 0.1) is 6.92 Å². The van der Waals surface area contributed by atoms with E-state index in [4.69, 9.17) is 8.83 Å². The number of oxazole rings is 1. The third kappa shape index (κ3) is 3.39. The number of hydrogen-bond donors (Lipinski definition) is 2. The van der Waals surface area contributed by atoms with Gasteiger partial charge in [-0.1, -0.05) is 18.2 Å². The van der Waals surface area contributed by atoms with Crippen LogP contribution < -0.4 is 10.6 Å². The van der Waals surface area contributed by atoms with Crippen LogP contribution in [-0.4, -0.2) is 16.8 Å². The van der Waals surface area contributed by atoms with Gasteiger partial charge in [0.2, 0.25) is 0 Å². The molecule has 7 heteroatoms. The third-order valence-corrected chi connectivity index (χ3v) is 4.18. The van der Waals surface area contributed by atoms with Crippen LogP contribution in [0.25, 0.3) is 22.1 Å². The smallest absolute Gasteiger partial charge is 0.313 e. The Bertz CT molecular complexity index is 1130. The van der Waals surface area contributed by atoms with Crippen molar-refractivity contribution >= 4 is 39.6 Å². The number of para-hydroxylation sites is 1. The Morgan fingerprint density at radius 3 is 2.63 bits per heavy atom.